The van der Waals surface area contributed by atoms with Crippen LogP contribution in [-0.4, -0.2) is 17.4 Å². The van der Waals surface area contributed by atoms with E-state index in [9.17, 15) is 0 Å². The summed E-state index contributed by atoms with van der Waals surface area (Å²) in [6.07, 6.45) is 1.91. The molecule has 1 aromatic heterocycles. The molecule has 3 heteroatoms. The molecule has 0 atom stereocenters. The number of imidazole rings is 1. The number of hydrogen-bond donors (Lipinski definition) is 0. The van der Waals surface area contributed by atoms with Crippen molar-refractivity contribution in [1.82, 2.24) is 9.55 Å². The van der Waals surface area contributed by atoms with E-state index in [4.69, 9.17) is 0 Å². The maximum absolute atomic E-state index is 4.40. The molecule has 0 radical (unpaired) electrons. The van der Waals surface area contributed by atoms with Gasteiger partial charge in [-0.3, -0.25) is 0 Å². The highest BCUT2D eigenvalue weighted by Crippen LogP contribution is 2.13. The standard InChI is InChI=1S/C14H13BN2/c15-12-7-5-11(6-8-12)9-17-10-16-13-3-1-2-4-14(13)17/h1-8,10H,9,15H2. The van der Waals surface area contributed by atoms with E-state index >= 15 is 0 Å². The summed E-state index contributed by atoms with van der Waals surface area (Å²) in [5.41, 5.74) is 4.84. The quantitative estimate of drug-likeness (QED) is 0.596. The number of fused-ring (bicyclic) bond motifs is 1. The molecule has 17 heavy (non-hydrogen) atoms. The lowest BCUT2D eigenvalue weighted by Gasteiger charge is -2.04. The van der Waals surface area contributed by atoms with Crippen LogP contribution in [0.5, 0.6) is 0 Å². The Morgan fingerprint density at radius 2 is 1.76 bits per heavy atom. The van der Waals surface area contributed by atoms with Gasteiger partial charge in [-0.15, -0.1) is 0 Å². The number of rotatable bonds is 2. The molecule has 3 rings (SSSR count). The minimum absolute atomic E-state index is 0.876. The Morgan fingerprint density at radius 3 is 2.59 bits per heavy atom. The first kappa shape index (κ1) is 10.1. The van der Waals surface area contributed by atoms with Crippen LogP contribution in [0, 0.1) is 0 Å². The molecule has 0 amide bonds. The molecule has 0 aliphatic heterocycles. The van der Waals surface area contributed by atoms with Crippen molar-refractivity contribution in [2.75, 3.05) is 0 Å². The van der Waals surface area contributed by atoms with Crippen LogP contribution in [0.1, 0.15) is 5.56 Å². The molecular formula is C14H13BN2. The smallest absolute Gasteiger partial charge is 0.139 e. The number of aromatic nitrogens is 2. The van der Waals surface area contributed by atoms with Crippen molar-refractivity contribution < 1.29 is 0 Å². The van der Waals surface area contributed by atoms with Gasteiger partial charge in [-0.25, -0.2) is 4.98 Å². The van der Waals surface area contributed by atoms with Crippen LogP contribution in [0.2, 0.25) is 0 Å². The van der Waals surface area contributed by atoms with Crippen molar-refractivity contribution in [3.63, 3.8) is 0 Å². The number of hydrogen-bond acceptors (Lipinski definition) is 1. The van der Waals surface area contributed by atoms with Crippen LogP contribution in [0.3, 0.4) is 0 Å². The third kappa shape index (κ3) is 1.96. The predicted octanol–water partition coefficient (Wildman–Crippen LogP) is 1.34. The Labute approximate surface area is 101 Å². The van der Waals surface area contributed by atoms with Crippen LogP contribution < -0.4 is 5.46 Å². The summed E-state index contributed by atoms with van der Waals surface area (Å²) in [6, 6.07) is 16.9. The molecule has 0 aliphatic rings. The molecule has 0 unspecified atom stereocenters. The predicted molar refractivity (Wildman–Crippen MR) is 73.5 cm³/mol. The van der Waals surface area contributed by atoms with E-state index in [1.54, 1.807) is 0 Å². The monoisotopic (exact) mass is 220 g/mol. The fourth-order valence-electron chi connectivity index (χ4n) is 2.03. The molecule has 82 valence electrons. The maximum atomic E-state index is 4.40. The molecule has 3 aromatic rings. The molecule has 0 aliphatic carbocycles. The van der Waals surface area contributed by atoms with Crippen molar-refractivity contribution in [2.45, 2.75) is 6.54 Å². The molecular weight excluding hydrogens is 207 g/mol. The van der Waals surface area contributed by atoms with Gasteiger partial charge in [0, 0.05) is 6.54 Å². The highest BCUT2D eigenvalue weighted by atomic mass is 15.0. The van der Waals surface area contributed by atoms with Gasteiger partial charge in [-0.1, -0.05) is 41.9 Å². The second-order valence-electron chi connectivity index (χ2n) is 4.35. The van der Waals surface area contributed by atoms with Crippen LogP contribution >= 0.6 is 0 Å². The van der Waals surface area contributed by atoms with Crippen molar-refractivity contribution >= 4 is 24.3 Å². The molecule has 2 nitrogen and oxygen atoms in total. The highest BCUT2D eigenvalue weighted by molar-refractivity contribution is 6.32. The summed E-state index contributed by atoms with van der Waals surface area (Å²) in [5, 5.41) is 0. The lowest BCUT2D eigenvalue weighted by molar-refractivity contribution is 0.825. The normalized spacial score (nSPS) is 10.8. The average Bonchev–Trinajstić information content (AvgIpc) is 2.76. The Morgan fingerprint density at radius 1 is 1.00 bits per heavy atom. The SMILES string of the molecule is Bc1ccc(Cn2cnc3ccccc32)cc1. The molecule has 0 saturated heterocycles. The molecule has 0 spiro atoms. The van der Waals surface area contributed by atoms with Gasteiger partial charge in [0.15, 0.2) is 0 Å². The van der Waals surface area contributed by atoms with Crippen LogP contribution in [-0.2, 0) is 6.54 Å². The Hall–Kier alpha value is -2.03. The van der Waals surface area contributed by atoms with E-state index in [1.165, 1.54) is 16.5 Å². The molecule has 0 fully saturated rings. The van der Waals surface area contributed by atoms with E-state index in [0.29, 0.717) is 0 Å². The minimum atomic E-state index is 0.876. The second kappa shape index (κ2) is 4.09. The van der Waals surface area contributed by atoms with Gasteiger partial charge in [0.2, 0.25) is 0 Å². The molecule has 2 aromatic carbocycles. The minimum Gasteiger partial charge on any atom is -0.326 e. The van der Waals surface area contributed by atoms with Gasteiger partial charge in [0.1, 0.15) is 7.85 Å². The second-order valence-corrected chi connectivity index (χ2v) is 4.35. The van der Waals surface area contributed by atoms with Crippen LogP contribution in [0.25, 0.3) is 11.0 Å². The maximum Gasteiger partial charge on any atom is 0.139 e. The van der Waals surface area contributed by atoms with E-state index in [1.807, 2.05) is 18.5 Å². The number of para-hydroxylation sites is 2. The van der Waals surface area contributed by atoms with Crippen molar-refractivity contribution in [3.05, 3.63) is 60.4 Å². The van der Waals surface area contributed by atoms with E-state index < -0.39 is 0 Å². The van der Waals surface area contributed by atoms with Gasteiger partial charge in [0.05, 0.1) is 17.4 Å². The van der Waals surface area contributed by atoms with E-state index in [0.717, 1.165) is 12.1 Å². The van der Waals surface area contributed by atoms with Crippen LogP contribution in [0.4, 0.5) is 0 Å². The first-order valence-corrected chi connectivity index (χ1v) is 5.78. The molecule has 0 saturated carbocycles. The fourth-order valence-corrected chi connectivity index (χ4v) is 2.03. The average molecular weight is 220 g/mol. The zero-order chi connectivity index (χ0) is 11.7. The van der Waals surface area contributed by atoms with Crippen molar-refractivity contribution in [1.29, 1.82) is 0 Å². The summed E-state index contributed by atoms with van der Waals surface area (Å²) in [6.45, 7) is 0.876. The Balaban J connectivity index is 1.97. The fraction of sp³-hybridized carbons (Fsp3) is 0.0714. The van der Waals surface area contributed by atoms with Crippen LogP contribution in [0.15, 0.2) is 54.9 Å². The summed E-state index contributed by atoms with van der Waals surface area (Å²) in [7, 11) is 2.11. The largest absolute Gasteiger partial charge is 0.326 e. The van der Waals surface area contributed by atoms with Gasteiger partial charge in [-0.05, 0) is 17.7 Å². The highest BCUT2D eigenvalue weighted by Gasteiger charge is 2.01. The lowest BCUT2D eigenvalue weighted by atomic mass is 9.95. The zero-order valence-electron chi connectivity index (χ0n) is 9.80. The van der Waals surface area contributed by atoms with Gasteiger partial charge >= 0.3 is 0 Å². The van der Waals surface area contributed by atoms with Gasteiger partial charge in [0.25, 0.3) is 0 Å². The summed E-state index contributed by atoms with van der Waals surface area (Å²) in [5.74, 6) is 0. The number of benzene rings is 2. The number of nitrogens with zero attached hydrogens (tertiary/aromatic N) is 2. The van der Waals surface area contributed by atoms with Gasteiger partial charge < -0.3 is 4.57 Å². The molecule has 0 bridgehead atoms. The van der Waals surface area contributed by atoms with Crippen molar-refractivity contribution in [3.8, 4) is 0 Å². The lowest BCUT2D eigenvalue weighted by Crippen LogP contribution is -2.03. The summed E-state index contributed by atoms with van der Waals surface area (Å²) >= 11 is 0. The summed E-state index contributed by atoms with van der Waals surface area (Å²) < 4.78 is 2.18. The molecule has 0 N–H and O–H groups in total. The third-order valence-corrected chi connectivity index (χ3v) is 3.00. The van der Waals surface area contributed by atoms with Gasteiger partial charge in [-0.2, -0.15) is 0 Å². The Kier molecular flexibility index (Phi) is 2.44. The van der Waals surface area contributed by atoms with E-state index in [2.05, 4.69) is 53.8 Å². The summed E-state index contributed by atoms with van der Waals surface area (Å²) in [4.78, 5) is 4.40. The molecule has 1 heterocycles. The van der Waals surface area contributed by atoms with Crippen molar-refractivity contribution in [2.24, 2.45) is 0 Å². The topological polar surface area (TPSA) is 17.8 Å². The third-order valence-electron chi connectivity index (χ3n) is 3.00. The first-order chi connectivity index (χ1) is 8.33. The Bertz CT molecular complexity index is 641. The van der Waals surface area contributed by atoms with E-state index in [-0.39, 0.29) is 0 Å². The zero-order valence-corrected chi connectivity index (χ0v) is 9.80. The first-order valence-electron chi connectivity index (χ1n) is 5.78.